The first-order chi connectivity index (χ1) is 12.2. The first-order valence-corrected chi connectivity index (χ1v) is 8.54. The van der Waals surface area contributed by atoms with Gasteiger partial charge in [-0.3, -0.25) is 0 Å². The van der Waals surface area contributed by atoms with Gasteiger partial charge in [0.25, 0.3) is 0 Å². The van der Waals surface area contributed by atoms with Crippen molar-refractivity contribution in [2.24, 2.45) is 0 Å². The summed E-state index contributed by atoms with van der Waals surface area (Å²) in [5, 5.41) is 19.2. The number of benzene rings is 1. The van der Waals surface area contributed by atoms with E-state index < -0.39 is 5.72 Å². The number of nitrogens with zero attached hydrogens (tertiary/aromatic N) is 4. The molecular weight excluding hydrogens is 318 g/mol. The molecule has 0 aliphatic heterocycles. The molecule has 0 radical (unpaired) electrons. The maximum atomic E-state index is 10.7. The molecule has 1 aliphatic carbocycles. The van der Waals surface area contributed by atoms with Crippen molar-refractivity contribution in [3.8, 4) is 11.7 Å². The minimum Gasteiger partial charge on any atom is -0.479 e. The van der Waals surface area contributed by atoms with Gasteiger partial charge in [0.15, 0.2) is 5.82 Å². The quantitative estimate of drug-likeness (QED) is 0.711. The minimum absolute atomic E-state index is 0.403. The van der Waals surface area contributed by atoms with Crippen LogP contribution in [0.2, 0.25) is 0 Å². The Balaban J connectivity index is 1.70. The highest BCUT2D eigenvalue weighted by Gasteiger charge is 2.29. The summed E-state index contributed by atoms with van der Waals surface area (Å²) in [5.41, 5.74) is -0.0267. The molecule has 1 fully saturated rings. The number of aromatic nitrogens is 4. The van der Waals surface area contributed by atoms with Gasteiger partial charge in [-0.05, 0) is 37.8 Å². The smallest absolute Gasteiger partial charge is 0.241 e. The lowest BCUT2D eigenvalue weighted by atomic mass is 9.92. The van der Waals surface area contributed by atoms with Crippen LogP contribution in [0.25, 0.3) is 16.7 Å². The van der Waals surface area contributed by atoms with Gasteiger partial charge in [-0.1, -0.05) is 18.6 Å². The standard InChI is InChI=1S/C18H21N5O2/c1-25-16-13-7-3-4-8-14(13)23(22-16)15-9-12-19-17(20-15)21-18(24)10-5-2-6-11-18/h3-4,7-9,12,24H,2,5-6,10-11H2,1H3,(H,19,20,21). The monoisotopic (exact) mass is 339 g/mol. The molecular formula is C18H21N5O2. The topological polar surface area (TPSA) is 85.1 Å². The van der Waals surface area contributed by atoms with Crippen molar-refractivity contribution in [2.75, 3.05) is 12.4 Å². The van der Waals surface area contributed by atoms with Gasteiger partial charge in [0.1, 0.15) is 5.72 Å². The molecule has 0 atom stereocenters. The zero-order valence-electron chi connectivity index (χ0n) is 14.1. The van der Waals surface area contributed by atoms with Gasteiger partial charge in [0.2, 0.25) is 11.8 Å². The molecule has 2 N–H and O–H groups in total. The predicted octanol–water partition coefficient (Wildman–Crippen LogP) is 2.89. The molecule has 25 heavy (non-hydrogen) atoms. The molecule has 1 aromatic carbocycles. The molecule has 1 saturated carbocycles. The van der Waals surface area contributed by atoms with Crippen LogP contribution in [0.5, 0.6) is 5.88 Å². The average molecular weight is 339 g/mol. The third kappa shape index (κ3) is 3.02. The van der Waals surface area contributed by atoms with E-state index in [-0.39, 0.29) is 0 Å². The lowest BCUT2D eigenvalue weighted by molar-refractivity contribution is 0.0309. The number of para-hydroxylation sites is 1. The molecule has 0 amide bonds. The number of hydrogen-bond donors (Lipinski definition) is 2. The van der Waals surface area contributed by atoms with Gasteiger partial charge < -0.3 is 15.2 Å². The van der Waals surface area contributed by atoms with E-state index in [1.54, 1.807) is 24.1 Å². The Kier molecular flexibility index (Phi) is 4.01. The second kappa shape index (κ2) is 6.33. The summed E-state index contributed by atoms with van der Waals surface area (Å²) in [4.78, 5) is 8.80. The summed E-state index contributed by atoms with van der Waals surface area (Å²) in [5.74, 6) is 1.58. The maximum Gasteiger partial charge on any atom is 0.241 e. The Bertz CT molecular complexity index is 886. The molecule has 2 aromatic heterocycles. The zero-order chi connectivity index (χ0) is 17.3. The summed E-state index contributed by atoms with van der Waals surface area (Å²) in [6.07, 6.45) is 6.25. The van der Waals surface area contributed by atoms with Crippen molar-refractivity contribution in [1.82, 2.24) is 19.7 Å². The fourth-order valence-electron chi connectivity index (χ4n) is 3.36. The van der Waals surface area contributed by atoms with E-state index in [0.29, 0.717) is 30.5 Å². The van der Waals surface area contributed by atoms with Crippen LogP contribution in [0, 0.1) is 0 Å². The van der Waals surface area contributed by atoms with Crippen molar-refractivity contribution in [3.63, 3.8) is 0 Å². The second-order valence-electron chi connectivity index (χ2n) is 6.39. The number of aliphatic hydroxyl groups is 1. The molecule has 0 saturated heterocycles. The predicted molar refractivity (Wildman–Crippen MR) is 94.9 cm³/mol. The summed E-state index contributed by atoms with van der Waals surface area (Å²) in [6.45, 7) is 0. The number of methoxy groups -OCH3 is 1. The van der Waals surface area contributed by atoms with E-state index in [2.05, 4.69) is 20.4 Å². The highest BCUT2D eigenvalue weighted by atomic mass is 16.5. The van der Waals surface area contributed by atoms with Crippen molar-refractivity contribution in [3.05, 3.63) is 36.5 Å². The fraction of sp³-hybridized carbons (Fsp3) is 0.389. The molecule has 2 heterocycles. The van der Waals surface area contributed by atoms with Crippen LogP contribution in [0.15, 0.2) is 36.5 Å². The van der Waals surface area contributed by atoms with Gasteiger partial charge in [0, 0.05) is 12.3 Å². The molecule has 7 heteroatoms. The molecule has 130 valence electrons. The van der Waals surface area contributed by atoms with Gasteiger partial charge in [-0.2, -0.15) is 4.98 Å². The fourth-order valence-corrected chi connectivity index (χ4v) is 3.36. The van der Waals surface area contributed by atoms with Crippen molar-refractivity contribution < 1.29 is 9.84 Å². The Labute approximate surface area is 145 Å². The van der Waals surface area contributed by atoms with E-state index in [1.165, 1.54) is 0 Å². The van der Waals surface area contributed by atoms with Gasteiger partial charge in [-0.15, -0.1) is 5.10 Å². The number of ether oxygens (including phenoxy) is 1. The summed E-state index contributed by atoms with van der Waals surface area (Å²) >= 11 is 0. The summed E-state index contributed by atoms with van der Waals surface area (Å²) in [6, 6.07) is 9.61. The summed E-state index contributed by atoms with van der Waals surface area (Å²) < 4.78 is 7.09. The third-order valence-corrected chi connectivity index (χ3v) is 4.63. The first kappa shape index (κ1) is 15.8. The lowest BCUT2D eigenvalue weighted by Crippen LogP contribution is -2.40. The Morgan fingerprint density at radius 2 is 1.96 bits per heavy atom. The van der Waals surface area contributed by atoms with E-state index >= 15 is 0 Å². The Morgan fingerprint density at radius 3 is 2.76 bits per heavy atom. The molecule has 0 bridgehead atoms. The zero-order valence-corrected chi connectivity index (χ0v) is 14.1. The van der Waals surface area contributed by atoms with Crippen LogP contribution in [0.4, 0.5) is 5.95 Å². The van der Waals surface area contributed by atoms with Crippen molar-refractivity contribution >= 4 is 16.9 Å². The second-order valence-corrected chi connectivity index (χ2v) is 6.39. The molecule has 3 aromatic rings. The highest BCUT2D eigenvalue weighted by Crippen LogP contribution is 2.29. The van der Waals surface area contributed by atoms with Crippen LogP contribution in [-0.4, -0.2) is 37.7 Å². The van der Waals surface area contributed by atoms with Crippen LogP contribution >= 0.6 is 0 Å². The van der Waals surface area contributed by atoms with E-state index in [4.69, 9.17) is 4.74 Å². The van der Waals surface area contributed by atoms with E-state index in [1.807, 2.05) is 24.3 Å². The molecule has 7 nitrogen and oxygen atoms in total. The molecule has 0 spiro atoms. The minimum atomic E-state index is -0.930. The van der Waals surface area contributed by atoms with Crippen LogP contribution < -0.4 is 10.1 Å². The number of anilines is 1. The number of fused-ring (bicyclic) bond motifs is 1. The molecule has 0 unspecified atom stereocenters. The number of rotatable bonds is 4. The lowest BCUT2D eigenvalue weighted by Gasteiger charge is -2.32. The van der Waals surface area contributed by atoms with Crippen LogP contribution in [-0.2, 0) is 0 Å². The van der Waals surface area contributed by atoms with E-state index in [9.17, 15) is 5.11 Å². The highest BCUT2D eigenvalue weighted by molar-refractivity contribution is 5.85. The summed E-state index contributed by atoms with van der Waals surface area (Å²) in [7, 11) is 1.60. The SMILES string of the molecule is COc1nn(-c2ccnc(NC3(O)CCCCC3)n2)c2ccccc12. The van der Waals surface area contributed by atoms with Crippen molar-refractivity contribution in [2.45, 2.75) is 37.8 Å². The average Bonchev–Trinajstić information content (AvgIpc) is 3.01. The van der Waals surface area contributed by atoms with Gasteiger partial charge >= 0.3 is 0 Å². The van der Waals surface area contributed by atoms with Crippen molar-refractivity contribution in [1.29, 1.82) is 0 Å². The molecule has 4 rings (SSSR count). The number of nitrogens with one attached hydrogen (secondary N) is 1. The third-order valence-electron chi connectivity index (χ3n) is 4.63. The first-order valence-electron chi connectivity index (χ1n) is 8.54. The molecule has 1 aliphatic rings. The Morgan fingerprint density at radius 1 is 1.16 bits per heavy atom. The van der Waals surface area contributed by atoms with E-state index in [0.717, 1.165) is 30.2 Å². The maximum absolute atomic E-state index is 10.7. The van der Waals surface area contributed by atoms with Gasteiger partial charge in [0.05, 0.1) is 18.0 Å². The van der Waals surface area contributed by atoms with Crippen LogP contribution in [0.1, 0.15) is 32.1 Å². The van der Waals surface area contributed by atoms with Gasteiger partial charge in [-0.25, -0.2) is 9.67 Å². The number of hydrogen-bond acceptors (Lipinski definition) is 6. The Hall–Kier alpha value is -2.67. The largest absolute Gasteiger partial charge is 0.479 e. The normalized spacial score (nSPS) is 16.7. The van der Waals surface area contributed by atoms with Crippen LogP contribution in [0.3, 0.4) is 0 Å².